The fraction of sp³-hybridized carbons (Fsp3) is 0.480. The highest BCUT2D eigenvalue weighted by Gasteiger charge is 2.41. The van der Waals surface area contributed by atoms with E-state index in [-0.39, 0.29) is 17.3 Å². The molecule has 2 aromatic carbocycles. The lowest BCUT2D eigenvalue weighted by atomic mass is 9.72. The Morgan fingerprint density at radius 2 is 1.47 bits per heavy atom. The van der Waals surface area contributed by atoms with Gasteiger partial charge in [-0.25, -0.2) is 4.39 Å². The predicted octanol–water partition coefficient (Wildman–Crippen LogP) is 4.67. The Morgan fingerprint density at radius 3 is 1.87 bits per heavy atom. The Kier molecular flexibility index (Phi) is 8.16. The first-order valence-electron chi connectivity index (χ1n) is 10.4. The zero-order valence-corrected chi connectivity index (χ0v) is 18.7. The van der Waals surface area contributed by atoms with Crippen LogP contribution < -0.4 is 0 Å². The molecule has 3 rings (SSSR count). The fourth-order valence-corrected chi connectivity index (χ4v) is 3.72. The van der Waals surface area contributed by atoms with E-state index < -0.39 is 5.60 Å². The largest absolute Gasteiger partial charge is 0.462 e. The Labute approximate surface area is 179 Å². The van der Waals surface area contributed by atoms with Gasteiger partial charge in [0.1, 0.15) is 17.0 Å². The Balaban J connectivity index is 0.000000396. The van der Waals surface area contributed by atoms with Crippen LogP contribution in [0.4, 0.5) is 4.39 Å². The van der Waals surface area contributed by atoms with Gasteiger partial charge in [0.2, 0.25) is 0 Å². The molecular formula is C25H34FNO3. The molecule has 0 bridgehead atoms. The van der Waals surface area contributed by atoms with Crippen LogP contribution in [0.2, 0.25) is 0 Å². The summed E-state index contributed by atoms with van der Waals surface area (Å²) < 4.78 is 17.9. The molecule has 4 nitrogen and oxygen atoms in total. The number of aryl methyl sites for hydroxylation is 1. The van der Waals surface area contributed by atoms with Crippen LogP contribution in [-0.2, 0) is 15.1 Å². The van der Waals surface area contributed by atoms with Gasteiger partial charge in [0, 0.05) is 0 Å². The molecule has 1 aliphatic heterocycles. The van der Waals surface area contributed by atoms with Crippen LogP contribution >= 0.6 is 0 Å². The number of benzene rings is 2. The number of nitrogens with zero attached hydrogens (tertiary/aromatic N) is 1. The van der Waals surface area contributed by atoms with Crippen molar-refractivity contribution in [3.63, 3.8) is 0 Å². The molecule has 164 valence electrons. The number of ether oxygens (including phenoxy) is 1. The normalized spacial score (nSPS) is 17.4. The summed E-state index contributed by atoms with van der Waals surface area (Å²) in [6.07, 6.45) is 1.86. The smallest absolute Gasteiger partial charge is 0.293 e. The number of aliphatic hydroxyl groups is 1. The lowest BCUT2D eigenvalue weighted by Gasteiger charge is -2.41. The van der Waals surface area contributed by atoms with E-state index in [0.29, 0.717) is 6.47 Å². The van der Waals surface area contributed by atoms with Crippen LogP contribution in [0.3, 0.4) is 0 Å². The van der Waals surface area contributed by atoms with Gasteiger partial charge in [-0.3, -0.25) is 4.79 Å². The Bertz CT molecular complexity index is 743. The van der Waals surface area contributed by atoms with Crippen LogP contribution in [-0.4, -0.2) is 42.2 Å². The number of carbonyl (C=O) groups is 1. The number of hydrogen-bond acceptors (Lipinski definition) is 4. The summed E-state index contributed by atoms with van der Waals surface area (Å²) in [6, 6.07) is 14.3. The third kappa shape index (κ3) is 6.38. The average molecular weight is 416 g/mol. The lowest BCUT2D eigenvalue weighted by Crippen LogP contribution is -2.43. The minimum Gasteiger partial charge on any atom is -0.462 e. The molecule has 1 heterocycles. The number of piperidine rings is 1. The van der Waals surface area contributed by atoms with E-state index in [4.69, 9.17) is 0 Å². The predicted molar refractivity (Wildman–Crippen MR) is 118 cm³/mol. The highest BCUT2D eigenvalue weighted by Crippen LogP contribution is 2.41. The van der Waals surface area contributed by atoms with Gasteiger partial charge in [-0.1, -0.05) is 42.0 Å². The topological polar surface area (TPSA) is 49.8 Å². The van der Waals surface area contributed by atoms with E-state index in [0.717, 1.165) is 37.1 Å². The van der Waals surface area contributed by atoms with Gasteiger partial charge in [0.25, 0.3) is 6.47 Å². The SMILES string of the molecule is CC(C)(C)OC=O.Cc1ccc(C(O)(c2ccc(F)cc2)C2CCN(C)CC2)cc1. The van der Waals surface area contributed by atoms with Crippen molar-refractivity contribution in [2.24, 2.45) is 5.92 Å². The summed E-state index contributed by atoms with van der Waals surface area (Å²) in [5.41, 5.74) is 1.45. The van der Waals surface area contributed by atoms with Gasteiger partial charge >= 0.3 is 0 Å². The molecule has 2 aromatic rings. The second-order valence-electron chi connectivity index (χ2n) is 9.04. The Morgan fingerprint density at radius 1 is 1.00 bits per heavy atom. The number of carbonyl (C=O) groups excluding carboxylic acids is 1. The van der Waals surface area contributed by atoms with E-state index in [1.807, 2.05) is 52.0 Å². The van der Waals surface area contributed by atoms with Crippen molar-refractivity contribution in [2.45, 2.75) is 51.7 Å². The van der Waals surface area contributed by atoms with Crippen molar-refractivity contribution in [2.75, 3.05) is 20.1 Å². The summed E-state index contributed by atoms with van der Waals surface area (Å²) in [5.74, 6) is -0.143. The van der Waals surface area contributed by atoms with E-state index in [2.05, 4.69) is 16.7 Å². The molecule has 1 atom stereocenters. The van der Waals surface area contributed by atoms with Crippen molar-refractivity contribution in [1.82, 2.24) is 4.90 Å². The van der Waals surface area contributed by atoms with Crippen LogP contribution in [0.15, 0.2) is 48.5 Å². The molecule has 5 heteroatoms. The maximum Gasteiger partial charge on any atom is 0.293 e. The molecule has 0 spiro atoms. The third-order valence-electron chi connectivity index (χ3n) is 5.49. The fourth-order valence-electron chi connectivity index (χ4n) is 3.72. The van der Waals surface area contributed by atoms with Gasteiger partial charge in [-0.2, -0.15) is 0 Å². The van der Waals surface area contributed by atoms with E-state index in [1.165, 1.54) is 17.7 Å². The molecule has 1 aliphatic rings. The number of hydrogen-bond donors (Lipinski definition) is 1. The van der Waals surface area contributed by atoms with Crippen molar-refractivity contribution >= 4 is 6.47 Å². The van der Waals surface area contributed by atoms with Gasteiger partial charge in [-0.15, -0.1) is 0 Å². The summed E-state index contributed by atoms with van der Waals surface area (Å²) in [7, 11) is 2.11. The molecule has 30 heavy (non-hydrogen) atoms. The highest BCUT2D eigenvalue weighted by atomic mass is 19.1. The molecule has 0 aromatic heterocycles. The molecule has 0 radical (unpaired) electrons. The maximum absolute atomic E-state index is 13.3. The van der Waals surface area contributed by atoms with Crippen LogP contribution in [0, 0.1) is 18.7 Å². The summed E-state index contributed by atoms with van der Waals surface area (Å²) in [5, 5.41) is 11.7. The van der Waals surface area contributed by atoms with Crippen LogP contribution in [0.1, 0.15) is 50.3 Å². The van der Waals surface area contributed by atoms with Crippen molar-refractivity contribution < 1.29 is 19.0 Å². The molecule has 0 aliphatic carbocycles. The van der Waals surface area contributed by atoms with Gasteiger partial charge in [-0.05, 0) is 89.9 Å². The van der Waals surface area contributed by atoms with E-state index in [9.17, 15) is 14.3 Å². The molecule has 1 N–H and O–H groups in total. The highest BCUT2D eigenvalue weighted by molar-refractivity contribution is 5.39. The van der Waals surface area contributed by atoms with Crippen LogP contribution in [0.25, 0.3) is 0 Å². The summed E-state index contributed by atoms with van der Waals surface area (Å²) >= 11 is 0. The maximum atomic E-state index is 13.3. The summed E-state index contributed by atoms with van der Waals surface area (Å²) in [6.45, 7) is 9.90. The molecule has 1 saturated heterocycles. The van der Waals surface area contributed by atoms with E-state index in [1.54, 1.807) is 12.1 Å². The summed E-state index contributed by atoms with van der Waals surface area (Å²) in [4.78, 5) is 11.9. The van der Waals surface area contributed by atoms with Crippen molar-refractivity contribution in [1.29, 1.82) is 0 Å². The molecule has 0 saturated carbocycles. The first-order valence-corrected chi connectivity index (χ1v) is 10.4. The number of likely N-dealkylation sites (tertiary alicyclic amines) is 1. The van der Waals surface area contributed by atoms with Gasteiger partial charge in [0.15, 0.2) is 0 Å². The molecule has 1 unspecified atom stereocenters. The minimum atomic E-state index is -1.07. The Hall–Kier alpha value is -2.24. The van der Waals surface area contributed by atoms with E-state index >= 15 is 0 Å². The van der Waals surface area contributed by atoms with Crippen LogP contribution in [0.5, 0.6) is 0 Å². The molecule has 0 amide bonds. The first-order chi connectivity index (χ1) is 14.1. The average Bonchev–Trinajstić information content (AvgIpc) is 2.68. The standard InChI is InChI=1S/C20H24FNO.C5H10O2/c1-15-3-5-16(6-4-15)20(23,17-7-9-19(21)10-8-17)18-11-13-22(2)14-12-18;1-5(2,3)7-4-6/h3-10,18,23H,11-14H2,1-2H3;4H,1-3H3. The lowest BCUT2D eigenvalue weighted by molar-refractivity contribution is -0.138. The quantitative estimate of drug-likeness (QED) is 0.738. The zero-order valence-electron chi connectivity index (χ0n) is 18.7. The number of rotatable bonds is 4. The first kappa shape index (κ1) is 24.0. The second-order valence-corrected chi connectivity index (χ2v) is 9.04. The third-order valence-corrected chi connectivity index (χ3v) is 5.49. The van der Waals surface area contributed by atoms with Crippen molar-refractivity contribution in [3.8, 4) is 0 Å². The zero-order chi connectivity index (χ0) is 22.4. The van der Waals surface area contributed by atoms with Gasteiger partial charge < -0.3 is 14.7 Å². The molecule has 1 fully saturated rings. The number of halogens is 1. The monoisotopic (exact) mass is 415 g/mol. The van der Waals surface area contributed by atoms with Crippen molar-refractivity contribution in [3.05, 3.63) is 71.0 Å². The second kappa shape index (κ2) is 10.2. The van der Waals surface area contributed by atoms with Gasteiger partial charge in [0.05, 0.1) is 0 Å². The minimum absolute atomic E-state index is 0.131. The molecular weight excluding hydrogens is 381 g/mol.